The van der Waals surface area contributed by atoms with Gasteiger partial charge in [0.2, 0.25) is 0 Å². The second kappa shape index (κ2) is 5.89. The lowest BCUT2D eigenvalue weighted by Gasteiger charge is -2.37. The van der Waals surface area contributed by atoms with Gasteiger partial charge in [-0.25, -0.2) is 0 Å². The molecule has 1 atom stereocenters. The zero-order valence-electron chi connectivity index (χ0n) is 11.3. The van der Waals surface area contributed by atoms with Crippen LogP contribution in [-0.4, -0.2) is 24.0 Å². The molecule has 1 nitrogen and oxygen atoms in total. The summed E-state index contributed by atoms with van der Waals surface area (Å²) in [5, 5.41) is 0. The highest BCUT2D eigenvalue weighted by molar-refractivity contribution is 4.77. The van der Waals surface area contributed by atoms with Gasteiger partial charge in [0.1, 0.15) is 0 Å². The number of piperidine rings is 1. The average molecular weight is 211 g/mol. The molecule has 1 heteroatoms. The Balaban J connectivity index is 2.30. The summed E-state index contributed by atoms with van der Waals surface area (Å²) >= 11 is 0. The Morgan fingerprint density at radius 3 is 1.93 bits per heavy atom. The Bertz CT molecular complexity index is 166. The van der Waals surface area contributed by atoms with Gasteiger partial charge in [-0.2, -0.15) is 0 Å². The fraction of sp³-hybridized carbons (Fsp3) is 1.00. The van der Waals surface area contributed by atoms with Crippen molar-refractivity contribution in [3.05, 3.63) is 0 Å². The van der Waals surface area contributed by atoms with Crippen molar-refractivity contribution in [1.82, 2.24) is 4.90 Å². The summed E-state index contributed by atoms with van der Waals surface area (Å²) in [7, 11) is 0. The van der Waals surface area contributed by atoms with Gasteiger partial charge in [0, 0.05) is 6.04 Å². The van der Waals surface area contributed by atoms with E-state index < -0.39 is 0 Å². The van der Waals surface area contributed by atoms with Gasteiger partial charge in [0.25, 0.3) is 0 Å². The van der Waals surface area contributed by atoms with Crippen LogP contribution in [0.15, 0.2) is 0 Å². The molecule has 1 aliphatic rings. The molecule has 0 radical (unpaired) electrons. The molecule has 90 valence electrons. The standard InChI is InChI=1S/C14H29N/c1-11(2)10-13(5)14-6-8-15(9-7-14)12(3)4/h11-14H,6-10H2,1-5H3. The molecule has 0 aliphatic carbocycles. The van der Waals surface area contributed by atoms with E-state index in [9.17, 15) is 0 Å². The summed E-state index contributed by atoms with van der Waals surface area (Å²) in [6.07, 6.45) is 4.25. The van der Waals surface area contributed by atoms with Crippen LogP contribution in [0, 0.1) is 17.8 Å². The lowest BCUT2D eigenvalue weighted by molar-refractivity contribution is 0.118. The SMILES string of the molecule is CC(C)CC(C)C1CCN(C(C)C)CC1. The number of nitrogens with zero attached hydrogens (tertiary/aromatic N) is 1. The maximum Gasteiger partial charge on any atom is 0.00385 e. The fourth-order valence-electron chi connectivity index (χ4n) is 2.94. The lowest BCUT2D eigenvalue weighted by Crippen LogP contribution is -2.39. The first kappa shape index (κ1) is 13.0. The predicted molar refractivity (Wildman–Crippen MR) is 68.1 cm³/mol. The zero-order valence-corrected chi connectivity index (χ0v) is 11.3. The molecule has 1 rings (SSSR count). The van der Waals surface area contributed by atoms with Crippen LogP contribution in [0.25, 0.3) is 0 Å². The van der Waals surface area contributed by atoms with Crippen molar-refractivity contribution in [3.63, 3.8) is 0 Å². The Morgan fingerprint density at radius 2 is 1.53 bits per heavy atom. The number of rotatable bonds is 4. The highest BCUT2D eigenvalue weighted by Gasteiger charge is 2.24. The van der Waals surface area contributed by atoms with Crippen molar-refractivity contribution >= 4 is 0 Å². The molecule has 0 saturated carbocycles. The zero-order chi connectivity index (χ0) is 11.4. The third kappa shape index (κ3) is 4.14. The van der Waals surface area contributed by atoms with E-state index in [0.717, 1.165) is 23.8 Å². The second-order valence-corrected chi connectivity index (χ2v) is 6.07. The molecular formula is C14H29N. The van der Waals surface area contributed by atoms with Gasteiger partial charge >= 0.3 is 0 Å². The van der Waals surface area contributed by atoms with Gasteiger partial charge in [-0.05, 0) is 64.0 Å². The maximum absolute atomic E-state index is 2.62. The molecular weight excluding hydrogens is 182 g/mol. The summed E-state index contributed by atoms with van der Waals surface area (Å²) in [5.74, 6) is 2.78. The molecule has 1 saturated heterocycles. The van der Waals surface area contributed by atoms with Gasteiger partial charge in [-0.15, -0.1) is 0 Å². The fourth-order valence-corrected chi connectivity index (χ4v) is 2.94. The first-order chi connectivity index (χ1) is 7.00. The van der Waals surface area contributed by atoms with Crippen molar-refractivity contribution in [2.75, 3.05) is 13.1 Å². The van der Waals surface area contributed by atoms with Crippen molar-refractivity contribution < 1.29 is 0 Å². The third-order valence-electron chi connectivity index (χ3n) is 3.95. The lowest BCUT2D eigenvalue weighted by atomic mass is 9.81. The largest absolute Gasteiger partial charge is 0.301 e. The smallest absolute Gasteiger partial charge is 0.00385 e. The molecule has 1 heterocycles. The van der Waals surface area contributed by atoms with Gasteiger partial charge in [-0.3, -0.25) is 0 Å². The molecule has 0 aromatic rings. The molecule has 15 heavy (non-hydrogen) atoms. The molecule has 1 aliphatic heterocycles. The molecule has 1 unspecified atom stereocenters. The van der Waals surface area contributed by atoms with Crippen LogP contribution in [0.4, 0.5) is 0 Å². The average Bonchev–Trinajstić information content (AvgIpc) is 2.17. The van der Waals surface area contributed by atoms with E-state index in [1.54, 1.807) is 0 Å². The van der Waals surface area contributed by atoms with E-state index >= 15 is 0 Å². The van der Waals surface area contributed by atoms with Crippen LogP contribution in [-0.2, 0) is 0 Å². The first-order valence-electron chi connectivity index (χ1n) is 6.74. The topological polar surface area (TPSA) is 3.24 Å². The van der Waals surface area contributed by atoms with Crippen molar-refractivity contribution in [3.8, 4) is 0 Å². The predicted octanol–water partition coefficient (Wildman–Crippen LogP) is 3.79. The van der Waals surface area contributed by atoms with Gasteiger partial charge in [-0.1, -0.05) is 20.8 Å². The summed E-state index contributed by atoms with van der Waals surface area (Å²) in [5.41, 5.74) is 0. The van der Waals surface area contributed by atoms with Gasteiger partial charge in [0.05, 0.1) is 0 Å². The van der Waals surface area contributed by atoms with E-state index in [2.05, 4.69) is 39.5 Å². The summed E-state index contributed by atoms with van der Waals surface area (Å²) in [6, 6.07) is 0.742. The Morgan fingerprint density at radius 1 is 1.00 bits per heavy atom. The minimum absolute atomic E-state index is 0.742. The molecule has 0 aromatic carbocycles. The second-order valence-electron chi connectivity index (χ2n) is 6.07. The molecule has 0 aromatic heterocycles. The number of hydrogen-bond acceptors (Lipinski definition) is 1. The summed E-state index contributed by atoms with van der Waals surface area (Å²) in [4.78, 5) is 2.62. The summed E-state index contributed by atoms with van der Waals surface area (Å²) in [6.45, 7) is 14.4. The molecule has 0 amide bonds. The van der Waals surface area contributed by atoms with Crippen molar-refractivity contribution in [2.45, 2.75) is 59.9 Å². The Kier molecular flexibility index (Phi) is 5.11. The van der Waals surface area contributed by atoms with E-state index in [1.807, 2.05) is 0 Å². The third-order valence-corrected chi connectivity index (χ3v) is 3.95. The quantitative estimate of drug-likeness (QED) is 0.684. The van der Waals surface area contributed by atoms with E-state index in [1.165, 1.54) is 32.4 Å². The van der Waals surface area contributed by atoms with Crippen LogP contribution < -0.4 is 0 Å². The molecule has 0 N–H and O–H groups in total. The molecule has 0 bridgehead atoms. The first-order valence-corrected chi connectivity index (χ1v) is 6.74. The monoisotopic (exact) mass is 211 g/mol. The van der Waals surface area contributed by atoms with Crippen LogP contribution >= 0.6 is 0 Å². The highest BCUT2D eigenvalue weighted by Crippen LogP contribution is 2.29. The van der Waals surface area contributed by atoms with Gasteiger partial charge in [0.15, 0.2) is 0 Å². The van der Waals surface area contributed by atoms with E-state index in [0.29, 0.717) is 0 Å². The minimum atomic E-state index is 0.742. The summed E-state index contributed by atoms with van der Waals surface area (Å²) < 4.78 is 0. The molecule has 1 fully saturated rings. The van der Waals surface area contributed by atoms with Crippen LogP contribution in [0.3, 0.4) is 0 Å². The van der Waals surface area contributed by atoms with Gasteiger partial charge < -0.3 is 4.90 Å². The van der Waals surface area contributed by atoms with E-state index in [4.69, 9.17) is 0 Å². The Labute approximate surface area is 96.2 Å². The van der Waals surface area contributed by atoms with Crippen molar-refractivity contribution in [2.24, 2.45) is 17.8 Å². The maximum atomic E-state index is 2.62. The van der Waals surface area contributed by atoms with Crippen molar-refractivity contribution in [1.29, 1.82) is 0 Å². The number of likely N-dealkylation sites (tertiary alicyclic amines) is 1. The van der Waals surface area contributed by atoms with E-state index in [-0.39, 0.29) is 0 Å². The number of hydrogen-bond donors (Lipinski definition) is 0. The van der Waals surface area contributed by atoms with Crippen LogP contribution in [0.5, 0.6) is 0 Å². The Hall–Kier alpha value is -0.0400. The highest BCUT2D eigenvalue weighted by atomic mass is 15.1. The minimum Gasteiger partial charge on any atom is -0.301 e. The normalized spacial score (nSPS) is 22.6. The van der Waals surface area contributed by atoms with Crippen LogP contribution in [0.2, 0.25) is 0 Å². The van der Waals surface area contributed by atoms with Crippen LogP contribution in [0.1, 0.15) is 53.9 Å². The molecule has 0 spiro atoms.